The Labute approximate surface area is 145 Å². The van der Waals surface area contributed by atoms with Crippen LogP contribution in [0.3, 0.4) is 0 Å². The Morgan fingerprint density at radius 2 is 1.92 bits per heavy atom. The molecule has 1 heterocycles. The number of aromatic nitrogens is 1. The minimum atomic E-state index is -0.224. The Hall–Kier alpha value is -2.41. The highest BCUT2D eigenvalue weighted by atomic mass is 32.1. The van der Waals surface area contributed by atoms with Gasteiger partial charge in [-0.25, -0.2) is 4.98 Å². The first-order chi connectivity index (χ1) is 11.6. The van der Waals surface area contributed by atoms with E-state index >= 15 is 0 Å². The van der Waals surface area contributed by atoms with Crippen molar-refractivity contribution in [2.45, 2.75) is 26.9 Å². The summed E-state index contributed by atoms with van der Waals surface area (Å²) in [5.41, 5.74) is 1.86. The fraction of sp³-hybridized carbons (Fsp3) is 0.353. The average molecular weight is 347 g/mol. The van der Waals surface area contributed by atoms with Crippen molar-refractivity contribution in [2.24, 2.45) is 0 Å². The van der Waals surface area contributed by atoms with Gasteiger partial charge in [0.15, 0.2) is 0 Å². The van der Waals surface area contributed by atoms with E-state index in [1.807, 2.05) is 43.5 Å². The lowest BCUT2D eigenvalue weighted by atomic mass is 10.2. The van der Waals surface area contributed by atoms with Crippen LogP contribution in [0.25, 0.3) is 0 Å². The molecule has 7 heteroatoms. The zero-order valence-corrected chi connectivity index (χ0v) is 14.6. The lowest BCUT2D eigenvalue weighted by Crippen LogP contribution is -2.37. The smallest absolute Gasteiger partial charge is 0.239 e. The van der Waals surface area contributed by atoms with Gasteiger partial charge in [0.05, 0.1) is 18.7 Å². The lowest BCUT2D eigenvalue weighted by Gasteiger charge is -2.04. The van der Waals surface area contributed by atoms with Crippen molar-refractivity contribution in [3.8, 4) is 5.75 Å². The molecule has 0 bridgehead atoms. The van der Waals surface area contributed by atoms with Gasteiger partial charge in [0.2, 0.25) is 11.8 Å². The molecule has 0 aliphatic carbocycles. The van der Waals surface area contributed by atoms with E-state index in [1.54, 1.807) is 0 Å². The molecule has 0 saturated carbocycles. The van der Waals surface area contributed by atoms with Crippen LogP contribution in [0, 0.1) is 6.92 Å². The van der Waals surface area contributed by atoms with Gasteiger partial charge in [0, 0.05) is 11.9 Å². The van der Waals surface area contributed by atoms with Gasteiger partial charge in [-0.1, -0.05) is 17.7 Å². The maximum atomic E-state index is 11.8. The summed E-state index contributed by atoms with van der Waals surface area (Å²) in [7, 11) is 0. The topological polar surface area (TPSA) is 80.3 Å². The number of benzene rings is 1. The van der Waals surface area contributed by atoms with Crippen LogP contribution in [0.1, 0.15) is 23.2 Å². The molecular formula is C17H21N3O3S. The number of ether oxygens (including phenoxy) is 1. The summed E-state index contributed by atoms with van der Waals surface area (Å²) >= 11 is 1.45. The molecule has 128 valence electrons. The van der Waals surface area contributed by atoms with Gasteiger partial charge in [-0.2, -0.15) is 0 Å². The summed E-state index contributed by atoms with van der Waals surface area (Å²) < 4.78 is 5.67. The van der Waals surface area contributed by atoms with Crippen LogP contribution in [0.15, 0.2) is 29.6 Å². The van der Waals surface area contributed by atoms with Crippen LogP contribution in [0.5, 0.6) is 5.75 Å². The van der Waals surface area contributed by atoms with Crippen molar-refractivity contribution in [1.29, 1.82) is 0 Å². The number of aryl methyl sites for hydroxylation is 1. The maximum absolute atomic E-state index is 11.8. The third kappa shape index (κ3) is 6.00. The minimum absolute atomic E-state index is 0.0137. The number of carbonyl (C=O) groups excluding carboxylic acids is 2. The number of thiazole rings is 1. The van der Waals surface area contributed by atoms with E-state index in [0.717, 1.165) is 10.8 Å². The zero-order chi connectivity index (χ0) is 17.4. The van der Waals surface area contributed by atoms with E-state index in [0.29, 0.717) is 18.8 Å². The van der Waals surface area contributed by atoms with E-state index in [-0.39, 0.29) is 24.8 Å². The number of likely N-dealkylation sites (N-methyl/N-ethyl adjacent to an activating group) is 1. The van der Waals surface area contributed by atoms with Gasteiger partial charge in [-0.05, 0) is 26.0 Å². The lowest BCUT2D eigenvalue weighted by molar-refractivity contribution is -0.125. The molecular weight excluding hydrogens is 326 g/mol. The van der Waals surface area contributed by atoms with Gasteiger partial charge in [-0.15, -0.1) is 11.3 Å². The highest BCUT2D eigenvalue weighted by Gasteiger charge is 2.09. The molecule has 0 aliphatic rings. The van der Waals surface area contributed by atoms with Crippen molar-refractivity contribution in [1.82, 2.24) is 15.6 Å². The molecule has 0 spiro atoms. The van der Waals surface area contributed by atoms with Gasteiger partial charge in [0.25, 0.3) is 0 Å². The fourth-order valence-corrected chi connectivity index (χ4v) is 2.65. The normalized spacial score (nSPS) is 10.2. The highest BCUT2D eigenvalue weighted by Crippen LogP contribution is 2.16. The summed E-state index contributed by atoms with van der Waals surface area (Å²) in [5, 5.41) is 7.83. The number of nitrogens with zero attached hydrogens (tertiary/aromatic N) is 1. The van der Waals surface area contributed by atoms with E-state index < -0.39 is 0 Å². The van der Waals surface area contributed by atoms with Crippen molar-refractivity contribution >= 4 is 23.2 Å². The van der Waals surface area contributed by atoms with Crippen molar-refractivity contribution < 1.29 is 14.3 Å². The second-order valence-corrected chi connectivity index (χ2v) is 6.18. The molecule has 1 aromatic heterocycles. The highest BCUT2D eigenvalue weighted by molar-refractivity contribution is 7.09. The van der Waals surface area contributed by atoms with Crippen LogP contribution in [0.4, 0.5) is 0 Å². The first-order valence-electron chi connectivity index (χ1n) is 7.73. The Morgan fingerprint density at radius 3 is 2.62 bits per heavy atom. The molecule has 6 nitrogen and oxygen atoms in total. The van der Waals surface area contributed by atoms with E-state index in [9.17, 15) is 9.59 Å². The molecule has 0 saturated heterocycles. The molecule has 0 radical (unpaired) electrons. The summed E-state index contributed by atoms with van der Waals surface area (Å²) in [5.74, 6) is 0.367. The van der Waals surface area contributed by atoms with Crippen LogP contribution in [-0.2, 0) is 22.6 Å². The summed E-state index contributed by atoms with van der Waals surface area (Å²) in [6, 6.07) is 7.81. The quantitative estimate of drug-likeness (QED) is 0.763. The largest absolute Gasteiger partial charge is 0.486 e. The number of carbonyl (C=O) groups is 2. The number of hydrogen-bond donors (Lipinski definition) is 2. The van der Waals surface area contributed by atoms with E-state index in [2.05, 4.69) is 15.6 Å². The standard InChI is InChI=1S/C17H21N3O3S/c1-3-18-16(22)9-19-15(21)8-13-11-24-17(20-13)10-23-14-6-4-12(2)5-7-14/h4-7,11H,3,8-10H2,1-2H3,(H,18,22)(H,19,21). The molecule has 2 aromatic rings. The Kier molecular flexibility index (Phi) is 6.74. The maximum Gasteiger partial charge on any atom is 0.239 e. The number of hydrogen-bond acceptors (Lipinski definition) is 5. The Bertz CT molecular complexity index is 683. The second-order valence-electron chi connectivity index (χ2n) is 5.24. The molecule has 0 atom stereocenters. The SMILES string of the molecule is CCNC(=O)CNC(=O)Cc1csc(COc2ccc(C)cc2)n1. The number of rotatable bonds is 8. The van der Waals surface area contributed by atoms with Gasteiger partial charge >= 0.3 is 0 Å². The first-order valence-corrected chi connectivity index (χ1v) is 8.61. The summed E-state index contributed by atoms with van der Waals surface area (Å²) in [6.45, 7) is 4.75. The monoisotopic (exact) mass is 347 g/mol. The molecule has 2 rings (SSSR count). The molecule has 24 heavy (non-hydrogen) atoms. The Morgan fingerprint density at radius 1 is 1.17 bits per heavy atom. The van der Waals surface area contributed by atoms with Crippen molar-refractivity contribution in [3.05, 3.63) is 45.9 Å². The zero-order valence-electron chi connectivity index (χ0n) is 13.8. The fourth-order valence-electron chi connectivity index (χ4n) is 1.94. The predicted octanol–water partition coefficient (Wildman–Crippen LogP) is 1.83. The minimum Gasteiger partial charge on any atom is -0.486 e. The van der Waals surface area contributed by atoms with Gasteiger partial charge in [0.1, 0.15) is 17.4 Å². The van der Waals surface area contributed by atoms with E-state index in [1.165, 1.54) is 16.9 Å². The van der Waals surface area contributed by atoms with Gasteiger partial charge < -0.3 is 15.4 Å². The van der Waals surface area contributed by atoms with Crippen molar-refractivity contribution in [2.75, 3.05) is 13.1 Å². The molecule has 2 amide bonds. The third-order valence-electron chi connectivity index (χ3n) is 3.14. The molecule has 1 aromatic carbocycles. The predicted molar refractivity (Wildman–Crippen MR) is 93.0 cm³/mol. The molecule has 0 fully saturated rings. The van der Waals surface area contributed by atoms with Crippen LogP contribution in [-0.4, -0.2) is 29.9 Å². The number of amides is 2. The van der Waals surface area contributed by atoms with E-state index in [4.69, 9.17) is 4.74 Å². The van der Waals surface area contributed by atoms with Crippen molar-refractivity contribution in [3.63, 3.8) is 0 Å². The molecule has 0 aliphatic heterocycles. The summed E-state index contributed by atoms with van der Waals surface area (Å²) in [4.78, 5) is 27.5. The number of nitrogens with one attached hydrogen (secondary N) is 2. The molecule has 0 unspecified atom stereocenters. The average Bonchev–Trinajstić information content (AvgIpc) is 3.00. The molecule has 2 N–H and O–H groups in total. The first kappa shape index (κ1) is 17.9. The third-order valence-corrected chi connectivity index (χ3v) is 4.02. The Balaban J connectivity index is 1.77. The second kappa shape index (κ2) is 9.02. The van der Waals surface area contributed by atoms with Crippen LogP contribution < -0.4 is 15.4 Å². The van der Waals surface area contributed by atoms with Gasteiger partial charge in [-0.3, -0.25) is 9.59 Å². The summed E-state index contributed by atoms with van der Waals surface area (Å²) in [6.07, 6.45) is 0.153. The van der Waals surface area contributed by atoms with Crippen LogP contribution >= 0.6 is 11.3 Å². The van der Waals surface area contributed by atoms with Crippen LogP contribution in [0.2, 0.25) is 0 Å².